The van der Waals surface area contributed by atoms with E-state index in [1.807, 2.05) is 17.8 Å². The summed E-state index contributed by atoms with van der Waals surface area (Å²) in [6.45, 7) is 3.01. The number of ether oxygens (including phenoxy) is 1. The summed E-state index contributed by atoms with van der Waals surface area (Å²) in [6.07, 6.45) is 4.84. The summed E-state index contributed by atoms with van der Waals surface area (Å²) in [4.78, 5) is 1.35. The number of hydrogen-bond acceptors (Lipinski definition) is 4. The largest absolute Gasteiger partial charge is 0.399 e. The van der Waals surface area contributed by atoms with Crippen LogP contribution < -0.4 is 5.73 Å². The predicted molar refractivity (Wildman–Crippen MR) is 89.7 cm³/mol. The Morgan fingerprint density at radius 3 is 2.90 bits per heavy atom. The first-order valence-corrected chi connectivity index (χ1v) is 9.45. The maximum atomic E-state index is 6.17. The zero-order chi connectivity index (χ0) is 14.0. The van der Waals surface area contributed by atoms with Crippen molar-refractivity contribution in [3.05, 3.63) is 23.8 Å². The maximum Gasteiger partial charge on any atom is 0.0709 e. The first kappa shape index (κ1) is 14.6. The molecule has 1 spiro atoms. The molecule has 0 saturated carbocycles. The van der Waals surface area contributed by atoms with Crippen LogP contribution in [0.25, 0.3) is 0 Å². The van der Waals surface area contributed by atoms with E-state index in [1.54, 1.807) is 0 Å². The van der Waals surface area contributed by atoms with E-state index >= 15 is 0 Å². The zero-order valence-corrected chi connectivity index (χ0v) is 13.7. The molecule has 1 aromatic carbocycles. The molecule has 2 aliphatic heterocycles. The van der Waals surface area contributed by atoms with Crippen molar-refractivity contribution >= 4 is 29.2 Å². The van der Waals surface area contributed by atoms with Gasteiger partial charge >= 0.3 is 0 Å². The SMILES string of the molecule is Cc1cc(SC2CCOC3(CCSCC3)C2)ccc1N. The average molecular weight is 310 g/mol. The second-order valence-electron chi connectivity index (χ2n) is 5.89. The van der Waals surface area contributed by atoms with Crippen LogP contribution in [0.3, 0.4) is 0 Å². The topological polar surface area (TPSA) is 35.2 Å². The molecule has 2 fully saturated rings. The molecule has 0 aliphatic carbocycles. The first-order valence-electron chi connectivity index (χ1n) is 7.41. The third-order valence-electron chi connectivity index (χ3n) is 4.40. The van der Waals surface area contributed by atoms with Gasteiger partial charge in [-0.1, -0.05) is 0 Å². The number of rotatable bonds is 2. The zero-order valence-electron chi connectivity index (χ0n) is 12.1. The molecule has 2 heterocycles. The van der Waals surface area contributed by atoms with Gasteiger partial charge in [-0.05, 0) is 67.9 Å². The highest BCUT2D eigenvalue weighted by Gasteiger charge is 2.38. The molecule has 2 N–H and O–H groups in total. The molecule has 3 rings (SSSR count). The molecule has 2 aliphatic rings. The highest BCUT2D eigenvalue weighted by Crippen LogP contribution is 2.42. The number of benzene rings is 1. The minimum absolute atomic E-state index is 0.185. The van der Waals surface area contributed by atoms with Gasteiger partial charge in [-0.3, -0.25) is 0 Å². The average Bonchev–Trinajstić information content (AvgIpc) is 2.44. The van der Waals surface area contributed by atoms with Crippen LogP contribution in [0.4, 0.5) is 5.69 Å². The van der Waals surface area contributed by atoms with Gasteiger partial charge in [0.25, 0.3) is 0 Å². The fourth-order valence-corrected chi connectivity index (χ4v) is 5.70. The molecule has 110 valence electrons. The smallest absolute Gasteiger partial charge is 0.0709 e. The van der Waals surface area contributed by atoms with Crippen molar-refractivity contribution in [1.82, 2.24) is 0 Å². The number of nitrogen functional groups attached to an aromatic ring is 1. The normalized spacial score (nSPS) is 25.8. The van der Waals surface area contributed by atoms with E-state index in [0.717, 1.165) is 12.3 Å². The summed E-state index contributed by atoms with van der Waals surface area (Å²) in [5.74, 6) is 2.52. The van der Waals surface area contributed by atoms with Gasteiger partial charge in [0.15, 0.2) is 0 Å². The molecular weight excluding hydrogens is 286 g/mol. The molecule has 0 bridgehead atoms. The quantitative estimate of drug-likeness (QED) is 0.834. The second-order valence-corrected chi connectivity index (χ2v) is 8.49. The summed E-state index contributed by atoms with van der Waals surface area (Å²) < 4.78 is 6.17. The summed E-state index contributed by atoms with van der Waals surface area (Å²) in [5, 5.41) is 0.690. The van der Waals surface area contributed by atoms with E-state index in [-0.39, 0.29) is 5.60 Å². The molecule has 0 radical (unpaired) electrons. The van der Waals surface area contributed by atoms with Crippen molar-refractivity contribution in [2.45, 2.75) is 48.4 Å². The maximum absolute atomic E-state index is 6.17. The van der Waals surface area contributed by atoms with E-state index in [2.05, 4.69) is 30.8 Å². The van der Waals surface area contributed by atoms with E-state index < -0.39 is 0 Å². The third kappa shape index (κ3) is 3.29. The minimum Gasteiger partial charge on any atom is -0.399 e. The summed E-state index contributed by atoms with van der Waals surface area (Å²) >= 11 is 4.08. The van der Waals surface area contributed by atoms with Gasteiger partial charge in [0.1, 0.15) is 0 Å². The number of nitrogens with two attached hydrogens (primary N) is 1. The van der Waals surface area contributed by atoms with E-state index in [1.165, 1.54) is 47.6 Å². The van der Waals surface area contributed by atoms with Crippen molar-refractivity contribution in [3.8, 4) is 0 Å². The molecule has 0 amide bonds. The summed E-state index contributed by atoms with van der Waals surface area (Å²) in [5.41, 5.74) is 8.16. The van der Waals surface area contributed by atoms with E-state index in [0.29, 0.717) is 5.25 Å². The lowest BCUT2D eigenvalue weighted by Crippen LogP contribution is -2.43. The highest BCUT2D eigenvalue weighted by atomic mass is 32.2. The molecule has 1 aromatic rings. The van der Waals surface area contributed by atoms with Crippen LogP contribution in [0, 0.1) is 6.92 Å². The Labute approximate surface area is 130 Å². The molecule has 1 atom stereocenters. The van der Waals surface area contributed by atoms with Gasteiger partial charge in [0.2, 0.25) is 0 Å². The van der Waals surface area contributed by atoms with Crippen LogP contribution in [0.15, 0.2) is 23.1 Å². The summed E-state index contributed by atoms with van der Waals surface area (Å²) in [7, 11) is 0. The fraction of sp³-hybridized carbons (Fsp3) is 0.625. The highest BCUT2D eigenvalue weighted by molar-refractivity contribution is 8.00. The minimum atomic E-state index is 0.185. The van der Waals surface area contributed by atoms with Gasteiger partial charge in [-0.15, -0.1) is 11.8 Å². The van der Waals surface area contributed by atoms with Crippen LogP contribution in [0.5, 0.6) is 0 Å². The predicted octanol–water partition coefficient (Wildman–Crippen LogP) is 4.11. The molecule has 0 aromatic heterocycles. The van der Waals surface area contributed by atoms with Crippen molar-refractivity contribution in [3.63, 3.8) is 0 Å². The second kappa shape index (κ2) is 6.20. The lowest BCUT2D eigenvalue weighted by molar-refractivity contribution is -0.0804. The van der Waals surface area contributed by atoms with Crippen LogP contribution in [0.1, 0.15) is 31.2 Å². The molecule has 20 heavy (non-hydrogen) atoms. The Kier molecular flexibility index (Phi) is 4.53. The van der Waals surface area contributed by atoms with Gasteiger partial charge < -0.3 is 10.5 Å². The fourth-order valence-electron chi connectivity index (χ4n) is 3.09. The monoisotopic (exact) mass is 309 g/mol. The van der Waals surface area contributed by atoms with Crippen molar-refractivity contribution in [2.75, 3.05) is 23.8 Å². The standard InChI is InChI=1S/C16H23NOS2/c1-12-10-13(2-3-15(12)17)20-14-4-7-18-16(11-14)5-8-19-9-6-16/h2-3,10,14H,4-9,11,17H2,1H3. The number of aryl methyl sites for hydroxylation is 1. The van der Waals surface area contributed by atoms with Crippen LogP contribution in [-0.2, 0) is 4.74 Å². The van der Waals surface area contributed by atoms with Gasteiger partial charge in [-0.2, -0.15) is 11.8 Å². The molecule has 1 unspecified atom stereocenters. The Bertz CT molecular complexity index is 466. The molecular formula is C16H23NOS2. The first-order chi connectivity index (χ1) is 9.67. The Morgan fingerprint density at radius 1 is 1.35 bits per heavy atom. The Morgan fingerprint density at radius 2 is 2.15 bits per heavy atom. The summed E-state index contributed by atoms with van der Waals surface area (Å²) in [6, 6.07) is 6.41. The van der Waals surface area contributed by atoms with Crippen molar-refractivity contribution < 1.29 is 4.74 Å². The lowest BCUT2D eigenvalue weighted by atomic mass is 9.88. The number of thioether (sulfide) groups is 2. The Hall–Kier alpha value is -0.320. The van der Waals surface area contributed by atoms with E-state index in [9.17, 15) is 0 Å². The Balaban J connectivity index is 1.66. The third-order valence-corrected chi connectivity index (χ3v) is 6.64. The van der Waals surface area contributed by atoms with Crippen LogP contribution in [-0.4, -0.2) is 29.0 Å². The molecule has 4 heteroatoms. The van der Waals surface area contributed by atoms with Crippen molar-refractivity contribution in [2.24, 2.45) is 0 Å². The lowest BCUT2D eigenvalue weighted by Gasteiger charge is -2.43. The number of hydrogen-bond donors (Lipinski definition) is 1. The molecule has 2 saturated heterocycles. The van der Waals surface area contributed by atoms with Crippen molar-refractivity contribution in [1.29, 1.82) is 0 Å². The van der Waals surface area contributed by atoms with Gasteiger partial charge in [0.05, 0.1) is 5.60 Å². The van der Waals surface area contributed by atoms with E-state index in [4.69, 9.17) is 10.5 Å². The van der Waals surface area contributed by atoms with Gasteiger partial charge in [0, 0.05) is 22.4 Å². The molecule has 2 nitrogen and oxygen atoms in total. The van der Waals surface area contributed by atoms with Gasteiger partial charge in [-0.25, -0.2) is 0 Å². The van der Waals surface area contributed by atoms with Crippen LogP contribution in [0.2, 0.25) is 0 Å². The van der Waals surface area contributed by atoms with Crippen LogP contribution >= 0.6 is 23.5 Å². The number of anilines is 1.